The Morgan fingerprint density at radius 3 is 2.29 bits per heavy atom. The lowest BCUT2D eigenvalue weighted by atomic mass is 9.98. The molecule has 0 unspecified atom stereocenters. The minimum Gasteiger partial charge on any atom is -0.339 e. The van der Waals surface area contributed by atoms with Gasteiger partial charge in [-0.05, 0) is 50.9 Å². The van der Waals surface area contributed by atoms with E-state index in [0.29, 0.717) is 24.5 Å². The topological polar surface area (TPSA) is 60.9 Å². The Labute approximate surface area is 169 Å². The first-order valence-corrected chi connectivity index (χ1v) is 12.0. The van der Waals surface area contributed by atoms with Crippen LogP contribution in [-0.4, -0.2) is 73.7 Å². The van der Waals surface area contributed by atoms with Gasteiger partial charge in [-0.25, -0.2) is 8.42 Å². The molecule has 1 aromatic rings. The molecule has 2 heterocycles. The molecule has 0 aromatic heterocycles. The van der Waals surface area contributed by atoms with Crippen LogP contribution in [0.5, 0.6) is 0 Å². The standard InChI is InChI=1S/C21H33N3O3S/c1-3-18(4-2)21(25)23-16-19(17-23)24(15-14-22-12-8-9-13-22)28(26,27)20-10-6-5-7-11-20/h5-7,10-11,18-19H,3-4,8-9,12-17H2,1-2H3. The van der Waals surface area contributed by atoms with Crippen molar-refractivity contribution in [3.8, 4) is 0 Å². The number of benzene rings is 1. The van der Waals surface area contributed by atoms with E-state index in [2.05, 4.69) is 4.90 Å². The van der Waals surface area contributed by atoms with Crippen molar-refractivity contribution >= 4 is 15.9 Å². The fourth-order valence-electron chi connectivity index (χ4n) is 4.19. The SMILES string of the molecule is CCC(CC)C(=O)N1CC(N(CCN2CCCC2)S(=O)(=O)c2ccccc2)C1. The van der Waals surface area contributed by atoms with E-state index in [4.69, 9.17) is 0 Å². The zero-order valence-corrected chi connectivity index (χ0v) is 17.9. The van der Waals surface area contributed by atoms with Gasteiger partial charge in [-0.1, -0.05) is 32.0 Å². The first-order chi connectivity index (χ1) is 13.5. The van der Waals surface area contributed by atoms with Crippen LogP contribution in [-0.2, 0) is 14.8 Å². The molecule has 0 atom stereocenters. The minimum atomic E-state index is -3.56. The van der Waals surface area contributed by atoms with Gasteiger partial charge in [-0.15, -0.1) is 0 Å². The quantitative estimate of drug-likeness (QED) is 0.631. The van der Waals surface area contributed by atoms with Gasteiger partial charge in [0.1, 0.15) is 0 Å². The number of carbonyl (C=O) groups is 1. The van der Waals surface area contributed by atoms with E-state index < -0.39 is 10.0 Å². The van der Waals surface area contributed by atoms with Crippen LogP contribution in [0.25, 0.3) is 0 Å². The summed E-state index contributed by atoms with van der Waals surface area (Å²) in [5.74, 6) is 0.211. The molecule has 2 fully saturated rings. The fraction of sp³-hybridized carbons (Fsp3) is 0.667. The number of hydrogen-bond donors (Lipinski definition) is 0. The summed E-state index contributed by atoms with van der Waals surface area (Å²) < 4.78 is 28.2. The van der Waals surface area contributed by atoms with Crippen LogP contribution >= 0.6 is 0 Å². The Kier molecular flexibility index (Phi) is 7.12. The van der Waals surface area contributed by atoms with Gasteiger partial charge < -0.3 is 9.80 Å². The van der Waals surface area contributed by atoms with Crippen LogP contribution in [0.1, 0.15) is 39.5 Å². The maximum atomic E-state index is 13.3. The van der Waals surface area contributed by atoms with Crippen molar-refractivity contribution in [1.82, 2.24) is 14.1 Å². The third-order valence-electron chi connectivity index (χ3n) is 6.10. The van der Waals surface area contributed by atoms with Crippen LogP contribution in [0.15, 0.2) is 35.2 Å². The number of amides is 1. The summed E-state index contributed by atoms with van der Waals surface area (Å²) >= 11 is 0. The Morgan fingerprint density at radius 2 is 1.71 bits per heavy atom. The van der Waals surface area contributed by atoms with E-state index >= 15 is 0 Å². The highest BCUT2D eigenvalue weighted by Crippen LogP contribution is 2.26. The van der Waals surface area contributed by atoms with Crippen LogP contribution in [0.4, 0.5) is 0 Å². The predicted octanol–water partition coefficient (Wildman–Crippen LogP) is 2.42. The summed E-state index contributed by atoms with van der Waals surface area (Å²) in [6.07, 6.45) is 4.04. The van der Waals surface area contributed by atoms with E-state index in [1.54, 1.807) is 28.6 Å². The van der Waals surface area contributed by atoms with Crippen molar-refractivity contribution < 1.29 is 13.2 Å². The number of sulfonamides is 1. The molecule has 0 bridgehead atoms. The normalized spacial score (nSPS) is 18.8. The maximum Gasteiger partial charge on any atom is 0.243 e. The van der Waals surface area contributed by atoms with Crippen molar-refractivity contribution in [2.24, 2.45) is 5.92 Å². The second-order valence-corrected chi connectivity index (χ2v) is 9.78. The van der Waals surface area contributed by atoms with Gasteiger partial charge in [0, 0.05) is 32.1 Å². The molecule has 0 radical (unpaired) electrons. The molecule has 3 rings (SSSR count). The highest BCUT2D eigenvalue weighted by atomic mass is 32.2. The van der Waals surface area contributed by atoms with Gasteiger partial charge in [0.25, 0.3) is 0 Å². The molecule has 2 saturated heterocycles. The maximum absolute atomic E-state index is 13.3. The van der Waals surface area contributed by atoms with Gasteiger partial charge in [0.15, 0.2) is 0 Å². The lowest BCUT2D eigenvalue weighted by molar-refractivity contribution is -0.142. The van der Waals surface area contributed by atoms with Crippen LogP contribution < -0.4 is 0 Å². The second-order valence-electron chi connectivity index (χ2n) is 7.89. The molecule has 0 aliphatic carbocycles. The number of hydrogen-bond acceptors (Lipinski definition) is 4. The molecular formula is C21H33N3O3S. The van der Waals surface area contributed by atoms with Gasteiger partial charge in [-0.2, -0.15) is 4.31 Å². The van der Waals surface area contributed by atoms with E-state index in [1.165, 1.54) is 12.8 Å². The smallest absolute Gasteiger partial charge is 0.243 e. The third kappa shape index (κ3) is 4.58. The number of rotatable bonds is 9. The molecule has 28 heavy (non-hydrogen) atoms. The highest BCUT2D eigenvalue weighted by molar-refractivity contribution is 7.89. The Balaban J connectivity index is 1.71. The van der Waals surface area contributed by atoms with Gasteiger partial charge in [-0.3, -0.25) is 4.79 Å². The molecule has 2 aliphatic heterocycles. The summed E-state index contributed by atoms with van der Waals surface area (Å²) in [6.45, 7) is 8.39. The fourth-order valence-corrected chi connectivity index (χ4v) is 5.81. The number of likely N-dealkylation sites (tertiary alicyclic amines) is 2. The number of nitrogens with zero attached hydrogens (tertiary/aromatic N) is 3. The average molecular weight is 408 g/mol. The Hall–Kier alpha value is -1.44. The minimum absolute atomic E-state index is 0.0460. The van der Waals surface area contributed by atoms with Gasteiger partial charge in [0.05, 0.1) is 10.9 Å². The van der Waals surface area contributed by atoms with Crippen molar-refractivity contribution in [3.05, 3.63) is 30.3 Å². The molecule has 0 spiro atoms. The van der Waals surface area contributed by atoms with Gasteiger partial charge >= 0.3 is 0 Å². The van der Waals surface area contributed by atoms with Crippen molar-refractivity contribution in [1.29, 1.82) is 0 Å². The molecule has 156 valence electrons. The summed E-state index contributed by atoms with van der Waals surface area (Å²) in [6, 6.07) is 8.52. The van der Waals surface area contributed by atoms with Gasteiger partial charge in [0.2, 0.25) is 15.9 Å². The number of carbonyl (C=O) groups excluding carboxylic acids is 1. The summed E-state index contributed by atoms with van der Waals surface area (Å²) in [5, 5.41) is 0. The average Bonchev–Trinajstić information content (AvgIpc) is 3.18. The molecule has 7 heteroatoms. The van der Waals surface area contributed by atoms with Crippen molar-refractivity contribution in [3.63, 3.8) is 0 Å². The monoisotopic (exact) mass is 407 g/mol. The van der Waals surface area contributed by atoms with E-state index in [-0.39, 0.29) is 17.9 Å². The van der Waals surface area contributed by atoms with Crippen molar-refractivity contribution in [2.45, 2.75) is 50.5 Å². The Morgan fingerprint density at radius 1 is 1.11 bits per heavy atom. The summed E-state index contributed by atoms with van der Waals surface area (Å²) in [5.41, 5.74) is 0. The molecule has 2 aliphatic rings. The largest absolute Gasteiger partial charge is 0.339 e. The Bertz CT molecular complexity index is 737. The van der Waals surface area contributed by atoms with E-state index in [0.717, 1.165) is 32.5 Å². The summed E-state index contributed by atoms with van der Waals surface area (Å²) in [7, 11) is -3.56. The highest BCUT2D eigenvalue weighted by Gasteiger charge is 2.41. The lowest BCUT2D eigenvalue weighted by Gasteiger charge is -2.46. The van der Waals surface area contributed by atoms with E-state index in [1.807, 2.05) is 24.8 Å². The molecule has 0 saturated carbocycles. The van der Waals surface area contributed by atoms with Crippen molar-refractivity contribution in [2.75, 3.05) is 39.3 Å². The molecule has 0 N–H and O–H groups in total. The lowest BCUT2D eigenvalue weighted by Crippen LogP contribution is -2.63. The molecule has 1 aromatic carbocycles. The second kappa shape index (κ2) is 9.37. The molecule has 6 nitrogen and oxygen atoms in total. The first kappa shape index (κ1) is 21.3. The molecular weight excluding hydrogens is 374 g/mol. The first-order valence-electron chi connectivity index (χ1n) is 10.5. The van der Waals surface area contributed by atoms with Crippen LogP contribution in [0, 0.1) is 5.92 Å². The third-order valence-corrected chi connectivity index (χ3v) is 8.07. The zero-order chi connectivity index (χ0) is 20.1. The van der Waals surface area contributed by atoms with E-state index in [9.17, 15) is 13.2 Å². The molecule has 1 amide bonds. The van der Waals surface area contributed by atoms with Crippen LogP contribution in [0.2, 0.25) is 0 Å². The summed E-state index contributed by atoms with van der Waals surface area (Å²) in [4.78, 5) is 17.1. The van der Waals surface area contributed by atoms with Crippen LogP contribution in [0.3, 0.4) is 0 Å². The predicted molar refractivity (Wildman–Crippen MR) is 110 cm³/mol. The zero-order valence-electron chi connectivity index (χ0n) is 17.1.